The third-order valence-electron chi connectivity index (χ3n) is 2.43. The van der Waals surface area contributed by atoms with Crippen molar-refractivity contribution in [1.29, 1.82) is 0 Å². The zero-order valence-electron chi connectivity index (χ0n) is 10.5. The molecule has 0 heterocycles. The smallest absolute Gasteiger partial charge is 0.272 e. The van der Waals surface area contributed by atoms with Gasteiger partial charge in [-0.2, -0.15) is 0 Å². The summed E-state index contributed by atoms with van der Waals surface area (Å²) < 4.78 is 4.96. The Hall–Kier alpha value is -1.99. The van der Waals surface area contributed by atoms with E-state index in [1.165, 1.54) is 6.07 Å². The first-order chi connectivity index (χ1) is 9.11. The number of rotatable bonds is 9. The van der Waals surface area contributed by atoms with Crippen molar-refractivity contribution in [3.8, 4) is 0 Å². The van der Waals surface area contributed by atoms with E-state index < -0.39 is 5.91 Å². The zero-order chi connectivity index (χ0) is 14.1. The van der Waals surface area contributed by atoms with Gasteiger partial charge in [-0.25, -0.2) is 0 Å². The number of para-hydroxylation sites is 1. The van der Waals surface area contributed by atoms with Crippen LogP contribution < -0.4 is 11.1 Å². The van der Waals surface area contributed by atoms with Crippen molar-refractivity contribution in [2.75, 3.05) is 26.3 Å². The molecule has 19 heavy (non-hydrogen) atoms. The van der Waals surface area contributed by atoms with E-state index in [-0.39, 0.29) is 17.2 Å². The molecule has 0 saturated heterocycles. The van der Waals surface area contributed by atoms with Crippen LogP contribution in [0, 0.1) is 10.1 Å². The largest absolute Gasteiger partial charge is 0.370 e. The normalized spacial score (nSPS) is 10.3. The number of amides is 1. The predicted molar refractivity (Wildman–Crippen MR) is 69.7 cm³/mol. The van der Waals surface area contributed by atoms with Crippen LogP contribution in [0.3, 0.4) is 0 Å². The highest BCUT2D eigenvalue weighted by atomic mass is 16.6. The number of nitro groups is 1. The van der Waals surface area contributed by atoms with Gasteiger partial charge in [-0.1, -0.05) is 18.2 Å². The molecule has 0 saturated carbocycles. The van der Waals surface area contributed by atoms with E-state index >= 15 is 0 Å². The number of nitrogens with two attached hydrogens (primary N) is 1. The van der Waals surface area contributed by atoms with Gasteiger partial charge in [0.2, 0.25) is 5.91 Å². The summed E-state index contributed by atoms with van der Waals surface area (Å²) in [6.07, 6.45) is 0.562. The molecule has 0 radical (unpaired) electrons. The molecule has 0 bridgehead atoms. The molecular weight excluding hydrogens is 250 g/mol. The Morgan fingerprint density at radius 2 is 2.11 bits per heavy atom. The molecule has 1 amide bonds. The van der Waals surface area contributed by atoms with E-state index in [2.05, 4.69) is 5.32 Å². The first-order valence-electron chi connectivity index (χ1n) is 5.90. The van der Waals surface area contributed by atoms with E-state index in [0.717, 1.165) is 0 Å². The summed E-state index contributed by atoms with van der Waals surface area (Å²) in [6.45, 7) is 1.45. The van der Waals surface area contributed by atoms with Crippen LogP contribution in [0.1, 0.15) is 5.56 Å². The Balaban J connectivity index is 2.23. The van der Waals surface area contributed by atoms with Gasteiger partial charge < -0.3 is 15.8 Å². The van der Waals surface area contributed by atoms with Crippen molar-refractivity contribution < 1.29 is 14.5 Å². The van der Waals surface area contributed by atoms with Crippen LogP contribution in [0.25, 0.3) is 0 Å². The molecule has 1 aromatic rings. The molecule has 104 valence electrons. The average Bonchev–Trinajstić information content (AvgIpc) is 2.37. The minimum atomic E-state index is -0.500. The lowest BCUT2D eigenvalue weighted by Crippen LogP contribution is -2.25. The number of nitrogens with zero attached hydrogens (tertiary/aromatic N) is 1. The van der Waals surface area contributed by atoms with Crippen LogP contribution >= 0.6 is 0 Å². The summed E-state index contributed by atoms with van der Waals surface area (Å²) in [7, 11) is 0. The highest BCUT2D eigenvalue weighted by Crippen LogP contribution is 2.17. The summed E-state index contributed by atoms with van der Waals surface area (Å²) in [5.41, 5.74) is 5.73. The summed E-state index contributed by atoms with van der Waals surface area (Å²) >= 11 is 0. The molecule has 7 heteroatoms. The quantitative estimate of drug-likeness (QED) is 0.378. The van der Waals surface area contributed by atoms with Gasteiger partial charge in [-0.15, -0.1) is 0 Å². The van der Waals surface area contributed by atoms with Crippen molar-refractivity contribution in [1.82, 2.24) is 5.32 Å². The topological polar surface area (TPSA) is 107 Å². The Labute approximate surface area is 110 Å². The first kappa shape index (κ1) is 15.1. The minimum absolute atomic E-state index is 0.0914. The Morgan fingerprint density at radius 1 is 1.37 bits per heavy atom. The Bertz CT molecular complexity index is 437. The summed E-state index contributed by atoms with van der Waals surface area (Å²) in [4.78, 5) is 20.8. The lowest BCUT2D eigenvalue weighted by molar-refractivity contribution is -0.385. The second kappa shape index (κ2) is 8.17. The highest BCUT2D eigenvalue weighted by Gasteiger charge is 2.11. The standard InChI is InChI=1S/C12H17N3O4/c13-12(16)9-19-8-7-14-6-5-10-3-1-2-4-11(10)15(17)18/h1-4,14H,5-9H2,(H2,13,16). The van der Waals surface area contributed by atoms with Crippen molar-refractivity contribution in [2.45, 2.75) is 6.42 Å². The van der Waals surface area contributed by atoms with E-state index in [9.17, 15) is 14.9 Å². The second-order valence-corrected chi connectivity index (χ2v) is 3.90. The highest BCUT2D eigenvalue weighted by molar-refractivity contribution is 5.74. The van der Waals surface area contributed by atoms with Crippen molar-refractivity contribution in [2.24, 2.45) is 5.73 Å². The average molecular weight is 267 g/mol. The van der Waals surface area contributed by atoms with Crippen LogP contribution in [0.2, 0.25) is 0 Å². The van der Waals surface area contributed by atoms with Crippen molar-refractivity contribution >= 4 is 11.6 Å². The first-order valence-corrected chi connectivity index (χ1v) is 5.90. The number of primary amides is 1. The second-order valence-electron chi connectivity index (χ2n) is 3.90. The Morgan fingerprint density at radius 3 is 2.79 bits per heavy atom. The molecule has 0 aromatic heterocycles. The maximum absolute atomic E-state index is 10.8. The molecule has 0 unspecified atom stereocenters. The van der Waals surface area contributed by atoms with E-state index in [1.54, 1.807) is 18.2 Å². The van der Waals surface area contributed by atoms with E-state index in [0.29, 0.717) is 31.7 Å². The molecule has 0 aliphatic rings. The molecule has 0 fully saturated rings. The number of carbonyl (C=O) groups is 1. The Kier molecular flexibility index (Phi) is 6.48. The van der Waals surface area contributed by atoms with Gasteiger partial charge in [0.25, 0.3) is 5.69 Å². The van der Waals surface area contributed by atoms with Gasteiger partial charge >= 0.3 is 0 Å². The number of carbonyl (C=O) groups excluding carboxylic acids is 1. The number of ether oxygens (including phenoxy) is 1. The molecule has 3 N–H and O–H groups in total. The fourth-order valence-corrected chi connectivity index (χ4v) is 1.57. The van der Waals surface area contributed by atoms with Gasteiger partial charge in [-0.05, 0) is 13.0 Å². The van der Waals surface area contributed by atoms with E-state index in [1.807, 2.05) is 0 Å². The monoisotopic (exact) mass is 267 g/mol. The van der Waals surface area contributed by atoms with Gasteiger partial charge in [0.1, 0.15) is 6.61 Å². The van der Waals surface area contributed by atoms with Crippen molar-refractivity contribution in [3.63, 3.8) is 0 Å². The summed E-state index contributed by atoms with van der Waals surface area (Å²) in [5.74, 6) is -0.500. The fraction of sp³-hybridized carbons (Fsp3) is 0.417. The number of benzene rings is 1. The molecule has 0 aliphatic carbocycles. The maximum Gasteiger partial charge on any atom is 0.272 e. The third-order valence-corrected chi connectivity index (χ3v) is 2.43. The SMILES string of the molecule is NC(=O)COCCNCCc1ccccc1[N+](=O)[O-]. The van der Waals surface area contributed by atoms with Gasteiger partial charge in [0, 0.05) is 18.2 Å². The number of nitrogens with one attached hydrogen (secondary N) is 1. The minimum Gasteiger partial charge on any atom is -0.370 e. The van der Waals surface area contributed by atoms with Gasteiger partial charge in [0.15, 0.2) is 0 Å². The van der Waals surface area contributed by atoms with Gasteiger partial charge in [0.05, 0.1) is 11.5 Å². The summed E-state index contributed by atoms with van der Waals surface area (Å²) in [6, 6.07) is 6.65. The van der Waals surface area contributed by atoms with Crippen LogP contribution in [0.4, 0.5) is 5.69 Å². The third kappa shape index (κ3) is 5.94. The molecule has 7 nitrogen and oxygen atoms in total. The molecule has 0 aliphatic heterocycles. The van der Waals surface area contributed by atoms with Crippen LogP contribution in [0.15, 0.2) is 24.3 Å². The van der Waals surface area contributed by atoms with E-state index in [4.69, 9.17) is 10.5 Å². The number of hydrogen-bond acceptors (Lipinski definition) is 5. The van der Waals surface area contributed by atoms with Crippen LogP contribution in [0.5, 0.6) is 0 Å². The van der Waals surface area contributed by atoms with Crippen molar-refractivity contribution in [3.05, 3.63) is 39.9 Å². The van der Waals surface area contributed by atoms with Crippen LogP contribution in [-0.4, -0.2) is 37.1 Å². The molecule has 0 spiro atoms. The van der Waals surface area contributed by atoms with Crippen LogP contribution in [-0.2, 0) is 16.0 Å². The summed E-state index contributed by atoms with van der Waals surface area (Å²) in [5, 5.41) is 13.9. The molecule has 0 atom stereocenters. The molecular formula is C12H17N3O4. The molecule has 1 rings (SSSR count). The lowest BCUT2D eigenvalue weighted by atomic mass is 10.1. The lowest BCUT2D eigenvalue weighted by Gasteiger charge is -2.05. The zero-order valence-corrected chi connectivity index (χ0v) is 10.5. The number of hydrogen-bond donors (Lipinski definition) is 2. The number of nitro benzene ring substituents is 1. The maximum atomic E-state index is 10.8. The van der Waals surface area contributed by atoms with Gasteiger partial charge in [-0.3, -0.25) is 14.9 Å². The fourth-order valence-electron chi connectivity index (χ4n) is 1.57. The predicted octanol–water partition coefficient (Wildman–Crippen LogP) is 0.229. The molecule has 1 aromatic carbocycles.